The van der Waals surface area contributed by atoms with Gasteiger partial charge in [0.1, 0.15) is 5.82 Å². The molecule has 9 aromatic rings. The zero-order valence-corrected chi connectivity index (χ0v) is 25.8. The molecule has 2 aromatic heterocycles. The van der Waals surface area contributed by atoms with Crippen LogP contribution < -0.4 is 4.90 Å². The van der Waals surface area contributed by atoms with Gasteiger partial charge < -0.3 is 0 Å². The van der Waals surface area contributed by atoms with Crippen molar-refractivity contribution in [2.45, 2.75) is 0 Å². The molecule has 9 rings (SSSR count). The molecule has 0 aliphatic carbocycles. The number of benzene rings is 7. The molecule has 0 N–H and O–H groups in total. The lowest BCUT2D eigenvalue weighted by Crippen LogP contribution is -2.11. The summed E-state index contributed by atoms with van der Waals surface area (Å²) in [5, 5.41) is 7.57. The number of fused-ring (bicyclic) bond motifs is 6. The molecule has 2 nitrogen and oxygen atoms in total. The van der Waals surface area contributed by atoms with Crippen LogP contribution in [-0.2, 0) is 0 Å². The molecule has 0 spiro atoms. The molecular formula is C43H28N2S. The minimum atomic E-state index is 0.896. The molecular weight excluding hydrogens is 577 g/mol. The smallest absolute Gasteiger partial charge is 0.138 e. The first-order chi connectivity index (χ1) is 22.8. The van der Waals surface area contributed by atoms with Crippen LogP contribution in [0.15, 0.2) is 170 Å². The molecule has 216 valence electrons. The Hall–Kier alpha value is -5.77. The van der Waals surface area contributed by atoms with Crippen molar-refractivity contribution in [2.24, 2.45) is 0 Å². The van der Waals surface area contributed by atoms with E-state index in [4.69, 9.17) is 4.98 Å². The Kier molecular flexibility index (Phi) is 6.36. The topological polar surface area (TPSA) is 16.1 Å². The highest BCUT2D eigenvalue weighted by molar-refractivity contribution is 7.25. The summed E-state index contributed by atoms with van der Waals surface area (Å²) >= 11 is 1.79. The van der Waals surface area contributed by atoms with Gasteiger partial charge in [-0.15, -0.1) is 11.3 Å². The summed E-state index contributed by atoms with van der Waals surface area (Å²) < 4.78 is 2.48. The average molecular weight is 605 g/mol. The second-order valence-electron chi connectivity index (χ2n) is 11.6. The van der Waals surface area contributed by atoms with Crippen molar-refractivity contribution < 1.29 is 0 Å². The number of thiophene rings is 1. The van der Waals surface area contributed by atoms with Crippen molar-refractivity contribution >= 4 is 70.2 Å². The van der Waals surface area contributed by atoms with Crippen molar-refractivity contribution in [3.63, 3.8) is 0 Å². The van der Waals surface area contributed by atoms with Crippen LogP contribution in [0.25, 0.3) is 64.0 Å². The predicted octanol–water partition coefficient (Wildman–Crippen LogP) is 12.6. The maximum atomic E-state index is 5.03. The highest BCUT2D eigenvalue weighted by atomic mass is 32.1. The third-order valence-electron chi connectivity index (χ3n) is 8.92. The number of anilines is 3. The number of rotatable bonds is 5. The van der Waals surface area contributed by atoms with E-state index in [-0.39, 0.29) is 0 Å². The van der Waals surface area contributed by atoms with E-state index < -0.39 is 0 Å². The largest absolute Gasteiger partial charge is 0.295 e. The molecule has 0 unspecified atom stereocenters. The third kappa shape index (κ3) is 4.52. The Bertz CT molecular complexity index is 2510. The van der Waals surface area contributed by atoms with E-state index in [1.54, 1.807) is 11.3 Å². The molecule has 0 radical (unpaired) electrons. The Labute approximate surface area is 271 Å². The van der Waals surface area contributed by atoms with Gasteiger partial charge in [0.15, 0.2) is 0 Å². The first-order valence-corrected chi connectivity index (χ1v) is 16.4. The van der Waals surface area contributed by atoms with Crippen LogP contribution in [-0.4, -0.2) is 4.98 Å². The van der Waals surface area contributed by atoms with Gasteiger partial charge in [0.25, 0.3) is 0 Å². The number of hydrogen-bond acceptors (Lipinski definition) is 3. The zero-order valence-electron chi connectivity index (χ0n) is 25.0. The lowest BCUT2D eigenvalue weighted by Gasteiger charge is -2.25. The second kappa shape index (κ2) is 11.0. The average Bonchev–Trinajstić information content (AvgIpc) is 3.51. The lowest BCUT2D eigenvalue weighted by molar-refractivity contribution is 1.19. The summed E-state index contributed by atoms with van der Waals surface area (Å²) in [6.07, 6.45) is 2.02. The van der Waals surface area contributed by atoms with Crippen molar-refractivity contribution in [2.75, 3.05) is 4.90 Å². The van der Waals surface area contributed by atoms with Crippen LogP contribution in [0.2, 0.25) is 0 Å². The number of nitrogens with zero attached hydrogens (tertiary/aromatic N) is 2. The Morgan fingerprint density at radius 3 is 1.76 bits per heavy atom. The van der Waals surface area contributed by atoms with E-state index in [0.29, 0.717) is 0 Å². The minimum absolute atomic E-state index is 0.896. The fourth-order valence-electron chi connectivity index (χ4n) is 6.67. The molecule has 0 amide bonds. The molecule has 0 atom stereocenters. The van der Waals surface area contributed by atoms with Gasteiger partial charge in [0.05, 0.1) is 4.70 Å². The maximum Gasteiger partial charge on any atom is 0.138 e. The standard InChI is InChI=1S/C43H28N2S/c1-2-10-29(11-3-1)30-18-22-33(23-19-30)45(43-27-40-38-16-8-9-17-41(38)46-42(40)28-44-43)34-24-20-31(21-25-34)39-26-32-12-4-5-13-35(32)36-14-6-7-15-37(36)39/h1-28H. The van der Waals surface area contributed by atoms with Gasteiger partial charge in [-0.05, 0) is 86.3 Å². The minimum Gasteiger partial charge on any atom is -0.295 e. The molecule has 0 fully saturated rings. The Morgan fingerprint density at radius 2 is 1.00 bits per heavy atom. The quantitative estimate of drug-likeness (QED) is 0.182. The summed E-state index contributed by atoms with van der Waals surface area (Å²) in [6, 6.07) is 58.8. The van der Waals surface area contributed by atoms with Gasteiger partial charge in [0.2, 0.25) is 0 Å². The molecule has 0 aliphatic heterocycles. The van der Waals surface area contributed by atoms with E-state index >= 15 is 0 Å². The van der Waals surface area contributed by atoms with Gasteiger partial charge in [-0.3, -0.25) is 4.90 Å². The van der Waals surface area contributed by atoms with Crippen molar-refractivity contribution in [1.82, 2.24) is 4.98 Å². The first kappa shape index (κ1) is 26.6. The van der Waals surface area contributed by atoms with Gasteiger partial charge in [-0.25, -0.2) is 4.98 Å². The van der Waals surface area contributed by atoms with Crippen LogP contribution in [0.5, 0.6) is 0 Å². The molecule has 2 heterocycles. The van der Waals surface area contributed by atoms with Gasteiger partial charge >= 0.3 is 0 Å². The molecule has 7 aromatic carbocycles. The number of hydrogen-bond donors (Lipinski definition) is 0. The highest BCUT2D eigenvalue weighted by Gasteiger charge is 2.17. The van der Waals surface area contributed by atoms with E-state index in [9.17, 15) is 0 Å². The van der Waals surface area contributed by atoms with Crippen LogP contribution >= 0.6 is 11.3 Å². The predicted molar refractivity (Wildman–Crippen MR) is 198 cm³/mol. The lowest BCUT2D eigenvalue weighted by atomic mass is 9.93. The van der Waals surface area contributed by atoms with Crippen molar-refractivity contribution in [3.05, 3.63) is 170 Å². The van der Waals surface area contributed by atoms with E-state index in [0.717, 1.165) is 17.2 Å². The van der Waals surface area contributed by atoms with Crippen LogP contribution in [0.1, 0.15) is 0 Å². The maximum absolute atomic E-state index is 5.03. The molecule has 0 saturated carbocycles. The first-order valence-electron chi connectivity index (χ1n) is 15.5. The zero-order chi connectivity index (χ0) is 30.5. The Balaban J connectivity index is 1.18. The Morgan fingerprint density at radius 1 is 0.413 bits per heavy atom. The van der Waals surface area contributed by atoms with Crippen molar-refractivity contribution in [3.8, 4) is 22.3 Å². The molecule has 0 saturated heterocycles. The van der Waals surface area contributed by atoms with Gasteiger partial charge in [-0.1, -0.05) is 121 Å². The van der Waals surface area contributed by atoms with Gasteiger partial charge in [0, 0.05) is 33.0 Å². The van der Waals surface area contributed by atoms with Crippen LogP contribution in [0.4, 0.5) is 17.2 Å². The SMILES string of the molecule is c1ccc(-c2ccc(N(c3ccc(-c4cc5ccccc5c5ccccc45)cc3)c3cc4c(cn3)sc3ccccc34)cc2)cc1. The fraction of sp³-hybridized carbons (Fsp3) is 0. The monoisotopic (exact) mass is 604 g/mol. The second-order valence-corrected chi connectivity index (χ2v) is 12.7. The number of aromatic nitrogens is 1. The normalized spacial score (nSPS) is 11.5. The van der Waals surface area contributed by atoms with Crippen LogP contribution in [0.3, 0.4) is 0 Å². The summed E-state index contributed by atoms with van der Waals surface area (Å²) in [4.78, 5) is 7.29. The van der Waals surface area contributed by atoms with E-state index in [1.165, 1.54) is 64.0 Å². The van der Waals surface area contributed by atoms with Crippen molar-refractivity contribution in [1.29, 1.82) is 0 Å². The fourth-order valence-corrected chi connectivity index (χ4v) is 7.73. The van der Waals surface area contributed by atoms with E-state index in [2.05, 4.69) is 169 Å². The molecule has 0 bridgehead atoms. The summed E-state index contributed by atoms with van der Waals surface area (Å²) in [7, 11) is 0. The van der Waals surface area contributed by atoms with Crippen LogP contribution in [0, 0.1) is 0 Å². The third-order valence-corrected chi connectivity index (χ3v) is 10.0. The number of pyridine rings is 1. The summed E-state index contributed by atoms with van der Waals surface area (Å²) in [5.41, 5.74) is 6.95. The molecule has 46 heavy (non-hydrogen) atoms. The summed E-state index contributed by atoms with van der Waals surface area (Å²) in [5.74, 6) is 0.896. The summed E-state index contributed by atoms with van der Waals surface area (Å²) in [6.45, 7) is 0. The van der Waals surface area contributed by atoms with E-state index in [1.807, 2.05) is 6.20 Å². The molecule has 3 heteroatoms. The highest BCUT2D eigenvalue weighted by Crippen LogP contribution is 2.41. The molecule has 0 aliphatic rings. The van der Waals surface area contributed by atoms with Gasteiger partial charge in [-0.2, -0.15) is 0 Å².